The number of hydrogen-bond donors (Lipinski definition) is 1. The maximum atomic E-state index is 5.14. The Morgan fingerprint density at radius 2 is 2.00 bits per heavy atom. The molecule has 0 spiro atoms. The van der Waals surface area contributed by atoms with Crippen molar-refractivity contribution in [3.63, 3.8) is 0 Å². The Hall–Kier alpha value is -0.900. The highest BCUT2D eigenvalue weighted by molar-refractivity contribution is 5.22. The lowest BCUT2D eigenvalue weighted by Gasteiger charge is -2.20. The normalized spacial score (nSPS) is 11.4. The van der Waals surface area contributed by atoms with Gasteiger partial charge in [-0.1, -0.05) is 24.3 Å². The van der Waals surface area contributed by atoms with Crippen LogP contribution in [0.2, 0.25) is 0 Å². The van der Waals surface area contributed by atoms with Crippen LogP contribution in [0.4, 0.5) is 0 Å². The molecule has 0 saturated heterocycles. The molecule has 0 aliphatic heterocycles. The third-order valence-electron chi connectivity index (χ3n) is 3.15. The Labute approximate surface area is 111 Å². The van der Waals surface area contributed by atoms with E-state index in [4.69, 9.17) is 4.74 Å². The summed E-state index contributed by atoms with van der Waals surface area (Å²) in [4.78, 5) is 2.34. The molecule has 3 nitrogen and oxygen atoms in total. The van der Waals surface area contributed by atoms with Crippen LogP contribution in [-0.4, -0.2) is 38.2 Å². The van der Waals surface area contributed by atoms with E-state index >= 15 is 0 Å². The van der Waals surface area contributed by atoms with Crippen molar-refractivity contribution in [1.82, 2.24) is 10.2 Å². The van der Waals surface area contributed by atoms with E-state index in [0.29, 0.717) is 12.6 Å². The highest BCUT2D eigenvalue weighted by atomic mass is 16.5. The number of ether oxygens (including phenoxy) is 1. The number of methoxy groups -OCH3 is 1. The second-order valence-electron chi connectivity index (χ2n) is 5.00. The quantitative estimate of drug-likeness (QED) is 0.716. The monoisotopic (exact) mass is 250 g/mol. The molecule has 0 aliphatic rings. The Morgan fingerprint density at radius 1 is 1.28 bits per heavy atom. The maximum Gasteiger partial charge on any atom is 0.0713 e. The summed E-state index contributed by atoms with van der Waals surface area (Å²) in [6, 6.07) is 9.14. The molecule has 3 heteroatoms. The van der Waals surface area contributed by atoms with Crippen molar-refractivity contribution in [2.45, 2.75) is 33.0 Å². The first kappa shape index (κ1) is 15.2. The van der Waals surface area contributed by atoms with E-state index in [1.165, 1.54) is 11.1 Å². The predicted octanol–water partition coefficient (Wildman–Crippen LogP) is 2.26. The van der Waals surface area contributed by atoms with Crippen molar-refractivity contribution in [1.29, 1.82) is 0 Å². The van der Waals surface area contributed by atoms with Gasteiger partial charge in [-0.15, -0.1) is 0 Å². The maximum absolute atomic E-state index is 5.14. The topological polar surface area (TPSA) is 24.5 Å². The molecule has 0 fully saturated rings. The van der Waals surface area contributed by atoms with Gasteiger partial charge >= 0.3 is 0 Å². The van der Waals surface area contributed by atoms with Gasteiger partial charge in [-0.3, -0.25) is 0 Å². The number of nitrogens with zero attached hydrogens (tertiary/aromatic N) is 1. The van der Waals surface area contributed by atoms with Gasteiger partial charge in [-0.25, -0.2) is 0 Å². The summed E-state index contributed by atoms with van der Waals surface area (Å²) >= 11 is 0. The molecule has 0 unspecified atom stereocenters. The van der Waals surface area contributed by atoms with Crippen LogP contribution in [-0.2, 0) is 17.9 Å². The van der Waals surface area contributed by atoms with Crippen LogP contribution >= 0.6 is 0 Å². The fourth-order valence-electron chi connectivity index (χ4n) is 1.74. The molecule has 0 radical (unpaired) electrons. The first-order valence-corrected chi connectivity index (χ1v) is 6.61. The van der Waals surface area contributed by atoms with Crippen molar-refractivity contribution in [2.24, 2.45) is 0 Å². The largest absolute Gasteiger partial charge is 0.380 e. The van der Waals surface area contributed by atoms with Crippen molar-refractivity contribution in [2.75, 3.05) is 27.2 Å². The van der Waals surface area contributed by atoms with Crippen LogP contribution < -0.4 is 5.32 Å². The summed E-state index contributed by atoms with van der Waals surface area (Å²) in [6.07, 6.45) is 0. The number of rotatable bonds is 8. The average molecular weight is 250 g/mol. The number of benzene rings is 1. The molecule has 1 aromatic rings. The van der Waals surface area contributed by atoms with Gasteiger partial charge in [-0.2, -0.15) is 0 Å². The fraction of sp³-hybridized carbons (Fsp3) is 0.600. The second-order valence-corrected chi connectivity index (χ2v) is 5.00. The fourth-order valence-corrected chi connectivity index (χ4v) is 1.74. The Balaban J connectivity index is 2.28. The Kier molecular flexibility index (Phi) is 6.94. The van der Waals surface area contributed by atoms with Crippen LogP contribution in [0.25, 0.3) is 0 Å². The molecule has 0 aliphatic carbocycles. The molecule has 1 rings (SSSR count). The van der Waals surface area contributed by atoms with Gasteiger partial charge in [0.05, 0.1) is 6.61 Å². The smallest absolute Gasteiger partial charge is 0.0713 e. The number of hydrogen-bond acceptors (Lipinski definition) is 3. The van der Waals surface area contributed by atoms with Crippen LogP contribution in [0, 0.1) is 0 Å². The minimum atomic E-state index is 0.608. The zero-order chi connectivity index (χ0) is 13.4. The van der Waals surface area contributed by atoms with E-state index in [-0.39, 0.29) is 0 Å². The molecule has 0 bridgehead atoms. The van der Waals surface area contributed by atoms with Crippen molar-refractivity contribution >= 4 is 0 Å². The lowest BCUT2D eigenvalue weighted by Crippen LogP contribution is -2.33. The van der Waals surface area contributed by atoms with E-state index in [1.54, 1.807) is 7.11 Å². The van der Waals surface area contributed by atoms with E-state index in [9.17, 15) is 0 Å². The zero-order valence-electron chi connectivity index (χ0n) is 12.1. The van der Waals surface area contributed by atoms with Crippen molar-refractivity contribution < 1.29 is 4.74 Å². The van der Waals surface area contributed by atoms with Crippen LogP contribution in [0.1, 0.15) is 25.0 Å². The summed E-state index contributed by atoms with van der Waals surface area (Å²) in [6.45, 7) is 8.13. The molecular formula is C15H26N2O. The molecule has 0 amide bonds. The Bertz CT molecular complexity index is 339. The molecule has 0 heterocycles. The first-order valence-electron chi connectivity index (χ1n) is 6.61. The first-order chi connectivity index (χ1) is 8.63. The highest BCUT2D eigenvalue weighted by Crippen LogP contribution is 2.06. The molecule has 1 N–H and O–H groups in total. The second kappa shape index (κ2) is 8.25. The summed E-state index contributed by atoms with van der Waals surface area (Å²) in [5.41, 5.74) is 2.55. The van der Waals surface area contributed by atoms with Gasteiger partial charge in [0.2, 0.25) is 0 Å². The zero-order valence-corrected chi connectivity index (χ0v) is 12.1. The highest BCUT2D eigenvalue weighted by Gasteiger charge is 2.01. The lowest BCUT2D eigenvalue weighted by molar-refractivity contribution is 0.185. The molecule has 18 heavy (non-hydrogen) atoms. The van der Waals surface area contributed by atoms with E-state index in [2.05, 4.69) is 55.4 Å². The van der Waals surface area contributed by atoms with Crippen LogP contribution in [0.5, 0.6) is 0 Å². The molecule has 0 atom stereocenters. The standard InChI is InChI=1S/C15H26N2O/c1-13(2)17(3)9-8-16-11-14-6-5-7-15(10-14)12-18-4/h5-7,10,13,16H,8-9,11-12H2,1-4H3. The van der Waals surface area contributed by atoms with Gasteiger partial charge in [-0.05, 0) is 32.0 Å². The summed E-state index contributed by atoms with van der Waals surface area (Å²) in [5.74, 6) is 0. The van der Waals surface area contributed by atoms with Gasteiger partial charge < -0.3 is 15.0 Å². The minimum Gasteiger partial charge on any atom is -0.380 e. The molecule has 0 aromatic heterocycles. The lowest BCUT2D eigenvalue weighted by atomic mass is 10.1. The minimum absolute atomic E-state index is 0.608. The van der Waals surface area contributed by atoms with E-state index in [1.807, 2.05) is 0 Å². The number of likely N-dealkylation sites (N-methyl/N-ethyl adjacent to an activating group) is 1. The summed E-state index contributed by atoms with van der Waals surface area (Å²) < 4.78 is 5.14. The van der Waals surface area contributed by atoms with Gasteiger partial charge in [0.15, 0.2) is 0 Å². The van der Waals surface area contributed by atoms with Gasteiger partial charge in [0, 0.05) is 32.8 Å². The summed E-state index contributed by atoms with van der Waals surface area (Å²) in [7, 11) is 3.89. The summed E-state index contributed by atoms with van der Waals surface area (Å²) in [5, 5.41) is 3.47. The third kappa shape index (κ3) is 5.63. The van der Waals surface area contributed by atoms with Crippen LogP contribution in [0.15, 0.2) is 24.3 Å². The number of nitrogens with one attached hydrogen (secondary N) is 1. The van der Waals surface area contributed by atoms with Gasteiger partial charge in [0.1, 0.15) is 0 Å². The van der Waals surface area contributed by atoms with Crippen LogP contribution in [0.3, 0.4) is 0 Å². The molecule has 0 saturated carbocycles. The average Bonchev–Trinajstić information content (AvgIpc) is 2.35. The van der Waals surface area contributed by atoms with E-state index < -0.39 is 0 Å². The molecule has 1 aromatic carbocycles. The Morgan fingerprint density at radius 3 is 2.67 bits per heavy atom. The van der Waals surface area contributed by atoms with Crippen molar-refractivity contribution in [3.8, 4) is 0 Å². The molecular weight excluding hydrogens is 224 g/mol. The van der Waals surface area contributed by atoms with Gasteiger partial charge in [0.25, 0.3) is 0 Å². The predicted molar refractivity (Wildman–Crippen MR) is 76.6 cm³/mol. The van der Waals surface area contributed by atoms with Crippen molar-refractivity contribution in [3.05, 3.63) is 35.4 Å². The molecule has 102 valence electrons. The van der Waals surface area contributed by atoms with E-state index in [0.717, 1.165) is 19.6 Å². The SMILES string of the molecule is COCc1cccc(CNCCN(C)C(C)C)c1. The third-order valence-corrected chi connectivity index (χ3v) is 3.15.